The molecule has 0 bridgehead atoms. The van der Waals surface area contributed by atoms with Crippen LogP contribution in [0.3, 0.4) is 0 Å². The van der Waals surface area contributed by atoms with Gasteiger partial charge in [0.2, 0.25) is 0 Å². The van der Waals surface area contributed by atoms with Crippen LogP contribution in [0.5, 0.6) is 5.75 Å². The highest BCUT2D eigenvalue weighted by molar-refractivity contribution is 5.36. The Bertz CT molecular complexity index is 520. The molecule has 2 rings (SSSR count). The van der Waals surface area contributed by atoms with Crippen LogP contribution in [0.2, 0.25) is 0 Å². The Labute approximate surface area is 107 Å². The summed E-state index contributed by atoms with van der Waals surface area (Å²) in [7, 11) is 1.69. The van der Waals surface area contributed by atoms with Crippen molar-refractivity contribution in [3.8, 4) is 5.75 Å². The molecular formula is C14H18N2O2. The Hall–Kier alpha value is -1.81. The highest BCUT2D eigenvalue weighted by Gasteiger charge is 2.04. The maximum atomic E-state index is 5.33. The predicted octanol–water partition coefficient (Wildman–Crippen LogP) is 2.59. The molecule has 1 aromatic carbocycles. The fourth-order valence-corrected chi connectivity index (χ4v) is 1.87. The third kappa shape index (κ3) is 3.11. The van der Waals surface area contributed by atoms with E-state index in [1.807, 2.05) is 25.1 Å². The van der Waals surface area contributed by atoms with Crippen molar-refractivity contribution < 1.29 is 9.26 Å². The van der Waals surface area contributed by atoms with Crippen molar-refractivity contribution in [3.05, 3.63) is 46.8 Å². The summed E-state index contributed by atoms with van der Waals surface area (Å²) in [6, 6.07) is 8.09. The van der Waals surface area contributed by atoms with E-state index in [4.69, 9.17) is 9.26 Å². The Kier molecular flexibility index (Phi) is 3.99. The molecule has 1 heterocycles. The Morgan fingerprint density at radius 3 is 2.72 bits per heavy atom. The summed E-state index contributed by atoms with van der Waals surface area (Å²) < 4.78 is 10.3. The lowest BCUT2D eigenvalue weighted by molar-refractivity contribution is 0.387. The average Bonchev–Trinajstić information content (AvgIpc) is 2.75. The van der Waals surface area contributed by atoms with Gasteiger partial charge in [-0.05, 0) is 19.9 Å². The van der Waals surface area contributed by atoms with Crippen molar-refractivity contribution in [2.75, 3.05) is 7.11 Å². The lowest BCUT2D eigenvalue weighted by Crippen LogP contribution is -2.13. The molecule has 0 spiro atoms. The quantitative estimate of drug-likeness (QED) is 0.881. The molecular weight excluding hydrogens is 228 g/mol. The number of rotatable bonds is 5. The van der Waals surface area contributed by atoms with Gasteiger partial charge in [-0.2, -0.15) is 0 Å². The van der Waals surface area contributed by atoms with E-state index in [9.17, 15) is 0 Å². The van der Waals surface area contributed by atoms with Gasteiger partial charge in [0.15, 0.2) is 0 Å². The van der Waals surface area contributed by atoms with Gasteiger partial charge < -0.3 is 14.6 Å². The number of hydrogen-bond acceptors (Lipinski definition) is 4. The van der Waals surface area contributed by atoms with Crippen molar-refractivity contribution >= 4 is 0 Å². The minimum absolute atomic E-state index is 0.689. The van der Waals surface area contributed by atoms with Crippen LogP contribution in [-0.4, -0.2) is 12.3 Å². The monoisotopic (exact) mass is 246 g/mol. The molecule has 0 aliphatic rings. The molecule has 0 atom stereocenters. The number of nitrogens with one attached hydrogen (secondary N) is 1. The molecule has 2 aromatic rings. The molecule has 0 saturated heterocycles. The summed E-state index contributed by atoms with van der Waals surface area (Å²) in [6.45, 7) is 5.40. The molecule has 0 amide bonds. The van der Waals surface area contributed by atoms with Crippen LogP contribution in [-0.2, 0) is 13.1 Å². The molecule has 18 heavy (non-hydrogen) atoms. The Morgan fingerprint density at radius 2 is 2.06 bits per heavy atom. The van der Waals surface area contributed by atoms with Crippen LogP contribution < -0.4 is 10.1 Å². The predicted molar refractivity (Wildman–Crippen MR) is 69.5 cm³/mol. The molecule has 0 unspecified atom stereocenters. The molecule has 0 saturated carbocycles. The van der Waals surface area contributed by atoms with Gasteiger partial charge in [0.05, 0.1) is 12.8 Å². The van der Waals surface area contributed by atoms with E-state index < -0.39 is 0 Å². The topological polar surface area (TPSA) is 47.3 Å². The second-order valence-corrected chi connectivity index (χ2v) is 4.35. The third-order valence-corrected chi connectivity index (χ3v) is 2.73. The van der Waals surface area contributed by atoms with Crippen LogP contribution in [0.1, 0.15) is 22.6 Å². The molecule has 0 fully saturated rings. The molecule has 4 heteroatoms. The van der Waals surface area contributed by atoms with Crippen LogP contribution in [0.25, 0.3) is 0 Å². The number of ether oxygens (including phenoxy) is 1. The first-order valence-electron chi connectivity index (χ1n) is 5.95. The minimum Gasteiger partial charge on any atom is -0.496 e. The van der Waals surface area contributed by atoms with Gasteiger partial charge in [-0.3, -0.25) is 0 Å². The number of aromatic nitrogens is 1. The lowest BCUT2D eigenvalue weighted by Gasteiger charge is -2.09. The van der Waals surface area contributed by atoms with Gasteiger partial charge in [-0.25, -0.2) is 0 Å². The first-order chi connectivity index (χ1) is 8.69. The first kappa shape index (κ1) is 12.6. The number of hydrogen-bond donors (Lipinski definition) is 1. The van der Waals surface area contributed by atoms with E-state index in [0.717, 1.165) is 29.3 Å². The smallest absolute Gasteiger partial charge is 0.133 e. The van der Waals surface area contributed by atoms with Crippen molar-refractivity contribution in [3.63, 3.8) is 0 Å². The van der Waals surface area contributed by atoms with Crippen molar-refractivity contribution in [2.45, 2.75) is 26.9 Å². The van der Waals surface area contributed by atoms with Crippen molar-refractivity contribution in [1.29, 1.82) is 0 Å². The molecule has 1 N–H and O–H groups in total. The number of benzene rings is 1. The fraction of sp³-hybridized carbons (Fsp3) is 0.357. The van der Waals surface area contributed by atoms with E-state index in [1.165, 1.54) is 5.56 Å². The summed E-state index contributed by atoms with van der Waals surface area (Å²) >= 11 is 0. The van der Waals surface area contributed by atoms with Gasteiger partial charge in [0.1, 0.15) is 11.5 Å². The largest absolute Gasteiger partial charge is 0.496 e. The molecule has 1 aromatic heterocycles. The van der Waals surface area contributed by atoms with E-state index in [0.29, 0.717) is 6.54 Å². The summed E-state index contributed by atoms with van der Waals surface area (Å²) in [5, 5.41) is 7.27. The number of methoxy groups -OCH3 is 1. The maximum Gasteiger partial charge on any atom is 0.133 e. The zero-order valence-corrected chi connectivity index (χ0v) is 11.0. The highest BCUT2D eigenvalue weighted by Crippen LogP contribution is 2.19. The van der Waals surface area contributed by atoms with E-state index in [2.05, 4.69) is 23.5 Å². The number of aryl methyl sites for hydroxylation is 2. The number of nitrogens with zero attached hydrogens (tertiary/aromatic N) is 1. The molecule has 4 nitrogen and oxygen atoms in total. The van der Waals surface area contributed by atoms with Crippen LogP contribution in [0.4, 0.5) is 0 Å². The average molecular weight is 246 g/mol. The minimum atomic E-state index is 0.689. The Balaban J connectivity index is 1.95. The highest BCUT2D eigenvalue weighted by atomic mass is 16.5. The normalized spacial score (nSPS) is 10.6. The standard InChI is InChI=1S/C14H18N2O2/c1-10-4-5-14(17-3)12(6-10)8-15-9-13-7-11(2)18-16-13/h4-7,15H,8-9H2,1-3H3. The van der Waals surface area contributed by atoms with Gasteiger partial charge in [-0.1, -0.05) is 22.9 Å². The van der Waals surface area contributed by atoms with Gasteiger partial charge in [-0.15, -0.1) is 0 Å². The fourth-order valence-electron chi connectivity index (χ4n) is 1.87. The summed E-state index contributed by atoms with van der Waals surface area (Å²) in [5.74, 6) is 1.74. The Morgan fingerprint density at radius 1 is 1.22 bits per heavy atom. The molecule has 96 valence electrons. The molecule has 0 aliphatic carbocycles. The van der Waals surface area contributed by atoms with Crippen molar-refractivity contribution in [1.82, 2.24) is 10.5 Å². The third-order valence-electron chi connectivity index (χ3n) is 2.73. The van der Waals surface area contributed by atoms with Crippen LogP contribution in [0.15, 0.2) is 28.8 Å². The molecule has 0 radical (unpaired) electrons. The van der Waals surface area contributed by atoms with E-state index >= 15 is 0 Å². The van der Waals surface area contributed by atoms with E-state index in [-0.39, 0.29) is 0 Å². The van der Waals surface area contributed by atoms with Gasteiger partial charge >= 0.3 is 0 Å². The summed E-state index contributed by atoms with van der Waals surface area (Å²) in [4.78, 5) is 0. The van der Waals surface area contributed by atoms with Gasteiger partial charge in [0.25, 0.3) is 0 Å². The summed E-state index contributed by atoms with van der Waals surface area (Å²) in [5.41, 5.74) is 3.29. The van der Waals surface area contributed by atoms with Gasteiger partial charge in [0, 0.05) is 24.7 Å². The lowest BCUT2D eigenvalue weighted by atomic mass is 10.1. The van der Waals surface area contributed by atoms with Crippen molar-refractivity contribution in [2.24, 2.45) is 0 Å². The van der Waals surface area contributed by atoms with Crippen LogP contribution in [0, 0.1) is 13.8 Å². The maximum absolute atomic E-state index is 5.33. The second kappa shape index (κ2) is 5.69. The van der Waals surface area contributed by atoms with E-state index in [1.54, 1.807) is 7.11 Å². The second-order valence-electron chi connectivity index (χ2n) is 4.35. The molecule has 0 aliphatic heterocycles. The van der Waals surface area contributed by atoms with Crippen LogP contribution >= 0.6 is 0 Å². The summed E-state index contributed by atoms with van der Waals surface area (Å²) in [6.07, 6.45) is 0. The first-order valence-corrected chi connectivity index (χ1v) is 5.95. The zero-order valence-electron chi connectivity index (χ0n) is 11.0. The SMILES string of the molecule is COc1ccc(C)cc1CNCc1cc(C)on1. The zero-order chi connectivity index (χ0) is 13.0.